The molecule has 2 rings (SSSR count). The zero-order valence-electron chi connectivity index (χ0n) is 11.0. The smallest absolute Gasteiger partial charge is 0.00940 e. The van der Waals surface area contributed by atoms with Gasteiger partial charge in [-0.15, -0.1) is 0 Å². The highest BCUT2D eigenvalue weighted by Gasteiger charge is 2.24. The van der Waals surface area contributed by atoms with Gasteiger partial charge in [-0.2, -0.15) is 0 Å². The first-order valence-corrected chi connectivity index (χ1v) is 7.27. The largest absolute Gasteiger partial charge is 0.314 e. The third-order valence-electron chi connectivity index (χ3n) is 4.34. The Kier molecular flexibility index (Phi) is 4.66. The molecule has 0 aromatic rings. The predicted octanol–water partition coefficient (Wildman–Crippen LogP) is 2.64. The summed E-state index contributed by atoms with van der Waals surface area (Å²) < 4.78 is 0. The number of hydrogen-bond donors (Lipinski definition) is 1. The topological polar surface area (TPSA) is 15.3 Å². The van der Waals surface area contributed by atoms with Gasteiger partial charge in [-0.25, -0.2) is 0 Å². The number of rotatable bonds is 6. The van der Waals surface area contributed by atoms with E-state index in [-0.39, 0.29) is 0 Å². The van der Waals surface area contributed by atoms with Crippen molar-refractivity contribution in [3.63, 3.8) is 0 Å². The summed E-state index contributed by atoms with van der Waals surface area (Å²) in [6.07, 6.45) is 8.57. The van der Waals surface area contributed by atoms with Gasteiger partial charge in [0.25, 0.3) is 0 Å². The van der Waals surface area contributed by atoms with Crippen LogP contribution in [-0.2, 0) is 0 Å². The molecular weight excluding hydrogens is 196 g/mol. The van der Waals surface area contributed by atoms with Gasteiger partial charge in [-0.05, 0) is 58.2 Å². The lowest BCUT2D eigenvalue weighted by molar-refractivity contribution is 0.143. The Morgan fingerprint density at radius 1 is 1.25 bits per heavy atom. The molecule has 0 aromatic carbocycles. The normalized spacial score (nSPS) is 31.9. The highest BCUT2D eigenvalue weighted by atomic mass is 15.2. The molecule has 2 fully saturated rings. The van der Waals surface area contributed by atoms with Crippen LogP contribution < -0.4 is 5.32 Å². The van der Waals surface area contributed by atoms with Crippen molar-refractivity contribution >= 4 is 0 Å². The summed E-state index contributed by atoms with van der Waals surface area (Å²) in [6, 6.07) is 1.57. The molecule has 2 nitrogen and oxygen atoms in total. The van der Waals surface area contributed by atoms with E-state index in [4.69, 9.17) is 0 Å². The van der Waals surface area contributed by atoms with Crippen LogP contribution in [0.3, 0.4) is 0 Å². The maximum Gasteiger partial charge on any atom is 0.00940 e. The molecule has 2 unspecified atom stereocenters. The van der Waals surface area contributed by atoms with Gasteiger partial charge >= 0.3 is 0 Å². The van der Waals surface area contributed by atoms with Crippen LogP contribution >= 0.6 is 0 Å². The molecule has 1 N–H and O–H groups in total. The minimum atomic E-state index is 0.777. The third kappa shape index (κ3) is 3.74. The van der Waals surface area contributed by atoms with Gasteiger partial charge < -0.3 is 10.2 Å². The van der Waals surface area contributed by atoms with Gasteiger partial charge in [-0.3, -0.25) is 0 Å². The Bertz CT molecular complexity index is 201. The zero-order chi connectivity index (χ0) is 11.4. The Morgan fingerprint density at radius 2 is 2.06 bits per heavy atom. The first kappa shape index (κ1) is 12.4. The van der Waals surface area contributed by atoms with Crippen molar-refractivity contribution in [3.05, 3.63) is 0 Å². The highest BCUT2D eigenvalue weighted by Crippen LogP contribution is 2.33. The number of nitrogens with one attached hydrogen (secondary N) is 1. The second kappa shape index (κ2) is 6.02. The van der Waals surface area contributed by atoms with E-state index in [0.29, 0.717) is 0 Å². The molecule has 0 spiro atoms. The summed E-state index contributed by atoms with van der Waals surface area (Å²) in [5.74, 6) is 1.10. The number of piperidine rings is 1. The monoisotopic (exact) mass is 224 g/mol. The second-order valence-electron chi connectivity index (χ2n) is 5.74. The maximum atomic E-state index is 3.75. The van der Waals surface area contributed by atoms with Crippen LogP contribution in [0.5, 0.6) is 0 Å². The standard InChI is InChI=1S/C14H28N2/c1-3-16-10-8-14(11-12(16)2)15-9-4-5-13-6-7-13/h12-15H,3-11H2,1-2H3. The van der Waals surface area contributed by atoms with Crippen LogP contribution in [-0.4, -0.2) is 36.6 Å². The Labute approximate surface area is 101 Å². The van der Waals surface area contributed by atoms with Crippen LogP contribution in [0.4, 0.5) is 0 Å². The third-order valence-corrected chi connectivity index (χ3v) is 4.34. The molecule has 2 heteroatoms. The molecule has 1 saturated carbocycles. The van der Waals surface area contributed by atoms with Crippen LogP contribution in [0, 0.1) is 5.92 Å². The average Bonchev–Trinajstić information content (AvgIpc) is 3.08. The van der Waals surface area contributed by atoms with Crippen molar-refractivity contribution in [2.24, 2.45) is 5.92 Å². The fraction of sp³-hybridized carbons (Fsp3) is 1.00. The number of hydrogen-bond acceptors (Lipinski definition) is 2. The van der Waals surface area contributed by atoms with Gasteiger partial charge in [0.2, 0.25) is 0 Å². The van der Waals surface area contributed by atoms with Crippen molar-refractivity contribution < 1.29 is 0 Å². The quantitative estimate of drug-likeness (QED) is 0.698. The molecular formula is C14H28N2. The maximum absolute atomic E-state index is 3.75. The van der Waals surface area contributed by atoms with Crippen LogP contribution in [0.15, 0.2) is 0 Å². The fourth-order valence-electron chi connectivity index (χ4n) is 2.98. The van der Waals surface area contributed by atoms with Gasteiger partial charge in [0.15, 0.2) is 0 Å². The fourth-order valence-corrected chi connectivity index (χ4v) is 2.98. The molecule has 0 aromatic heterocycles. The molecule has 1 aliphatic heterocycles. The molecule has 0 amide bonds. The van der Waals surface area contributed by atoms with E-state index in [1.165, 1.54) is 58.2 Å². The van der Waals surface area contributed by atoms with E-state index >= 15 is 0 Å². The van der Waals surface area contributed by atoms with Crippen molar-refractivity contribution in [1.29, 1.82) is 0 Å². The second-order valence-corrected chi connectivity index (χ2v) is 5.74. The molecule has 2 aliphatic rings. The Hall–Kier alpha value is -0.0800. The summed E-state index contributed by atoms with van der Waals surface area (Å²) >= 11 is 0. The molecule has 1 aliphatic carbocycles. The van der Waals surface area contributed by atoms with E-state index in [1.54, 1.807) is 0 Å². The molecule has 16 heavy (non-hydrogen) atoms. The molecule has 1 heterocycles. The van der Waals surface area contributed by atoms with E-state index in [2.05, 4.69) is 24.1 Å². The van der Waals surface area contributed by atoms with E-state index in [1.807, 2.05) is 0 Å². The van der Waals surface area contributed by atoms with Crippen molar-refractivity contribution in [3.8, 4) is 0 Å². The minimum absolute atomic E-state index is 0.777. The summed E-state index contributed by atoms with van der Waals surface area (Å²) in [5.41, 5.74) is 0. The SMILES string of the molecule is CCN1CCC(NCCCC2CC2)CC1C. The lowest BCUT2D eigenvalue weighted by Crippen LogP contribution is -2.47. The van der Waals surface area contributed by atoms with Gasteiger partial charge in [-0.1, -0.05) is 19.8 Å². The van der Waals surface area contributed by atoms with Crippen LogP contribution in [0.25, 0.3) is 0 Å². The molecule has 1 saturated heterocycles. The lowest BCUT2D eigenvalue weighted by Gasteiger charge is -2.37. The number of likely N-dealkylation sites (tertiary alicyclic amines) is 1. The van der Waals surface area contributed by atoms with E-state index in [0.717, 1.165) is 18.0 Å². The molecule has 94 valence electrons. The number of nitrogens with zero attached hydrogens (tertiary/aromatic N) is 1. The summed E-state index contributed by atoms with van der Waals surface area (Å²) in [5, 5.41) is 3.75. The van der Waals surface area contributed by atoms with Gasteiger partial charge in [0.1, 0.15) is 0 Å². The first-order valence-electron chi connectivity index (χ1n) is 7.27. The van der Waals surface area contributed by atoms with Crippen molar-refractivity contribution in [2.45, 2.75) is 64.5 Å². The van der Waals surface area contributed by atoms with E-state index < -0.39 is 0 Å². The minimum Gasteiger partial charge on any atom is -0.314 e. The lowest BCUT2D eigenvalue weighted by atomic mass is 9.98. The van der Waals surface area contributed by atoms with E-state index in [9.17, 15) is 0 Å². The van der Waals surface area contributed by atoms with Crippen LogP contribution in [0.2, 0.25) is 0 Å². The summed E-state index contributed by atoms with van der Waals surface area (Å²) in [7, 11) is 0. The van der Waals surface area contributed by atoms with Gasteiger partial charge in [0, 0.05) is 12.1 Å². The van der Waals surface area contributed by atoms with Crippen molar-refractivity contribution in [1.82, 2.24) is 10.2 Å². The summed E-state index contributed by atoms with van der Waals surface area (Å²) in [6.45, 7) is 8.41. The van der Waals surface area contributed by atoms with Crippen molar-refractivity contribution in [2.75, 3.05) is 19.6 Å². The zero-order valence-corrected chi connectivity index (χ0v) is 11.0. The highest BCUT2D eigenvalue weighted by molar-refractivity contribution is 4.82. The predicted molar refractivity (Wildman–Crippen MR) is 69.7 cm³/mol. The molecule has 0 bridgehead atoms. The molecule has 2 atom stereocenters. The van der Waals surface area contributed by atoms with Gasteiger partial charge in [0.05, 0.1) is 0 Å². The average molecular weight is 224 g/mol. The Morgan fingerprint density at radius 3 is 2.69 bits per heavy atom. The first-order chi connectivity index (χ1) is 7.79. The molecule has 0 radical (unpaired) electrons. The van der Waals surface area contributed by atoms with Crippen LogP contribution in [0.1, 0.15) is 52.4 Å². The summed E-state index contributed by atoms with van der Waals surface area (Å²) in [4.78, 5) is 2.60. The Balaban J connectivity index is 1.55.